The first-order chi connectivity index (χ1) is 9.11. The fourth-order valence-corrected chi connectivity index (χ4v) is 2.28. The van der Waals surface area contributed by atoms with E-state index in [0.29, 0.717) is 11.0 Å². The van der Waals surface area contributed by atoms with Gasteiger partial charge in [-0.05, 0) is 33.5 Å². The molecule has 0 aliphatic rings. The van der Waals surface area contributed by atoms with Crippen LogP contribution in [0.2, 0.25) is 0 Å². The van der Waals surface area contributed by atoms with Gasteiger partial charge < -0.3 is 15.3 Å². The lowest BCUT2D eigenvalue weighted by atomic mass is 9.96. The Kier molecular flexibility index (Phi) is 5.16. The maximum atomic E-state index is 12.1. The molecule has 0 saturated heterocycles. The molecule has 1 aromatic rings. The van der Waals surface area contributed by atoms with Crippen LogP contribution in [-0.4, -0.2) is 35.6 Å². The number of halogens is 1. The van der Waals surface area contributed by atoms with Gasteiger partial charge in [-0.2, -0.15) is 0 Å². The Morgan fingerprint density at radius 2 is 1.95 bits per heavy atom. The van der Waals surface area contributed by atoms with E-state index >= 15 is 0 Å². The number of carbonyl (C=O) groups excluding carboxylic acids is 1. The summed E-state index contributed by atoms with van der Waals surface area (Å²) in [5.41, 5.74) is 0.290. The number of carboxylic acids is 1. The predicted octanol–water partition coefficient (Wildman–Crippen LogP) is 3.66. The van der Waals surface area contributed by atoms with Gasteiger partial charge in [0.2, 0.25) is 0 Å². The fraction of sp³-hybridized carbons (Fsp3) is 0.429. The number of rotatable bonds is 3. The number of carbonyl (C=O) groups is 2. The van der Waals surface area contributed by atoms with Crippen molar-refractivity contribution in [3.8, 4) is 0 Å². The van der Waals surface area contributed by atoms with E-state index in [1.54, 1.807) is 19.2 Å². The van der Waals surface area contributed by atoms with Gasteiger partial charge in [0, 0.05) is 18.1 Å². The van der Waals surface area contributed by atoms with Crippen LogP contribution >= 0.6 is 15.9 Å². The summed E-state index contributed by atoms with van der Waals surface area (Å²) in [6.45, 7) is 6.64. The highest BCUT2D eigenvalue weighted by atomic mass is 79.9. The molecule has 0 unspecified atom stereocenters. The minimum absolute atomic E-state index is 0.0321. The second kappa shape index (κ2) is 6.26. The van der Waals surface area contributed by atoms with Crippen molar-refractivity contribution < 1.29 is 14.7 Å². The smallest absolute Gasteiger partial charge is 0.337 e. The number of amides is 2. The highest BCUT2D eigenvalue weighted by molar-refractivity contribution is 9.10. The van der Waals surface area contributed by atoms with Gasteiger partial charge in [0.1, 0.15) is 0 Å². The lowest BCUT2D eigenvalue weighted by Gasteiger charge is -2.27. The summed E-state index contributed by atoms with van der Waals surface area (Å²) in [4.78, 5) is 24.8. The highest BCUT2D eigenvalue weighted by Crippen LogP contribution is 2.27. The molecule has 0 saturated carbocycles. The summed E-state index contributed by atoms with van der Waals surface area (Å²) in [6.07, 6.45) is 0. The van der Waals surface area contributed by atoms with Crippen LogP contribution in [0.4, 0.5) is 10.5 Å². The molecule has 0 bridgehead atoms. The van der Waals surface area contributed by atoms with E-state index in [2.05, 4.69) is 21.2 Å². The minimum atomic E-state index is -1.08. The second-order valence-electron chi connectivity index (χ2n) is 5.81. The Bertz CT molecular complexity index is 524. The molecule has 0 fully saturated rings. The zero-order chi connectivity index (χ0) is 15.5. The van der Waals surface area contributed by atoms with Crippen LogP contribution in [0.1, 0.15) is 31.1 Å². The lowest BCUT2D eigenvalue weighted by molar-refractivity contribution is 0.0698. The number of para-hydroxylation sites is 1. The van der Waals surface area contributed by atoms with Crippen molar-refractivity contribution in [2.75, 3.05) is 18.9 Å². The molecule has 0 aromatic heterocycles. The summed E-state index contributed by atoms with van der Waals surface area (Å²) in [7, 11) is 1.68. The Balaban J connectivity index is 2.94. The van der Waals surface area contributed by atoms with Crippen LogP contribution in [0.5, 0.6) is 0 Å². The van der Waals surface area contributed by atoms with Crippen molar-refractivity contribution in [1.29, 1.82) is 0 Å². The SMILES string of the molecule is CN(CC(C)(C)C)C(=O)Nc1c(Br)cccc1C(=O)O. The van der Waals surface area contributed by atoms with Gasteiger partial charge in [0.15, 0.2) is 0 Å². The average Bonchev–Trinajstić information content (AvgIpc) is 2.28. The first kappa shape index (κ1) is 16.5. The summed E-state index contributed by atoms with van der Waals surface area (Å²) in [5.74, 6) is -1.08. The third-order valence-electron chi connectivity index (χ3n) is 2.53. The maximum absolute atomic E-state index is 12.1. The molecular formula is C14H19BrN2O3. The summed E-state index contributed by atoms with van der Waals surface area (Å²) < 4.78 is 0.537. The largest absolute Gasteiger partial charge is 0.478 e. The van der Waals surface area contributed by atoms with Crippen molar-refractivity contribution in [3.63, 3.8) is 0 Å². The van der Waals surface area contributed by atoms with Gasteiger partial charge in [-0.15, -0.1) is 0 Å². The van der Waals surface area contributed by atoms with Crippen molar-refractivity contribution in [1.82, 2.24) is 4.90 Å². The number of carboxylic acid groups (broad SMARTS) is 1. The minimum Gasteiger partial charge on any atom is -0.478 e. The number of nitrogens with zero attached hydrogens (tertiary/aromatic N) is 1. The maximum Gasteiger partial charge on any atom is 0.337 e. The Morgan fingerprint density at radius 3 is 2.45 bits per heavy atom. The van der Waals surface area contributed by atoms with Gasteiger partial charge >= 0.3 is 12.0 Å². The van der Waals surface area contributed by atoms with Crippen LogP contribution < -0.4 is 5.32 Å². The van der Waals surface area contributed by atoms with E-state index in [9.17, 15) is 9.59 Å². The van der Waals surface area contributed by atoms with Gasteiger partial charge in [-0.3, -0.25) is 0 Å². The molecule has 110 valence electrons. The summed E-state index contributed by atoms with van der Waals surface area (Å²) in [6, 6.07) is 4.41. The Labute approximate surface area is 127 Å². The standard InChI is InChI=1S/C14H19BrN2O3/c1-14(2,3)8-17(4)13(20)16-11-9(12(18)19)6-5-7-10(11)15/h5-7H,8H2,1-4H3,(H,16,20)(H,18,19). The molecule has 0 radical (unpaired) electrons. The molecule has 0 heterocycles. The Morgan fingerprint density at radius 1 is 1.35 bits per heavy atom. The first-order valence-electron chi connectivity index (χ1n) is 6.16. The number of benzene rings is 1. The zero-order valence-electron chi connectivity index (χ0n) is 12.0. The van der Waals surface area contributed by atoms with E-state index in [-0.39, 0.29) is 22.7 Å². The normalized spacial score (nSPS) is 11.1. The summed E-state index contributed by atoms with van der Waals surface area (Å²) in [5, 5.41) is 11.8. The molecule has 2 N–H and O–H groups in total. The van der Waals surface area contributed by atoms with E-state index in [0.717, 1.165) is 0 Å². The fourth-order valence-electron chi connectivity index (χ4n) is 1.82. The van der Waals surface area contributed by atoms with Crippen LogP contribution in [0.3, 0.4) is 0 Å². The average molecular weight is 343 g/mol. The van der Waals surface area contributed by atoms with Gasteiger partial charge in [0.25, 0.3) is 0 Å². The molecule has 2 amide bonds. The topological polar surface area (TPSA) is 69.6 Å². The summed E-state index contributed by atoms with van der Waals surface area (Å²) >= 11 is 3.26. The third-order valence-corrected chi connectivity index (χ3v) is 3.19. The van der Waals surface area contributed by atoms with Crippen molar-refractivity contribution in [2.45, 2.75) is 20.8 Å². The third kappa shape index (κ3) is 4.52. The van der Waals surface area contributed by atoms with Crippen molar-refractivity contribution in [3.05, 3.63) is 28.2 Å². The van der Waals surface area contributed by atoms with Gasteiger partial charge in [-0.1, -0.05) is 26.8 Å². The quantitative estimate of drug-likeness (QED) is 0.880. The molecule has 0 spiro atoms. The number of urea groups is 1. The van der Waals surface area contributed by atoms with E-state index in [1.165, 1.54) is 11.0 Å². The number of nitrogens with one attached hydrogen (secondary N) is 1. The molecule has 1 aromatic carbocycles. The number of hydrogen-bond acceptors (Lipinski definition) is 2. The van der Waals surface area contributed by atoms with Gasteiger partial charge in [-0.25, -0.2) is 9.59 Å². The monoisotopic (exact) mass is 342 g/mol. The number of hydrogen-bond donors (Lipinski definition) is 2. The van der Waals surface area contributed by atoms with Crippen molar-refractivity contribution >= 4 is 33.6 Å². The second-order valence-corrected chi connectivity index (χ2v) is 6.67. The first-order valence-corrected chi connectivity index (χ1v) is 6.95. The molecule has 5 nitrogen and oxygen atoms in total. The van der Waals surface area contributed by atoms with Crippen LogP contribution in [-0.2, 0) is 0 Å². The molecular weight excluding hydrogens is 324 g/mol. The van der Waals surface area contributed by atoms with E-state index in [4.69, 9.17) is 5.11 Å². The highest BCUT2D eigenvalue weighted by Gasteiger charge is 2.20. The number of aromatic carboxylic acids is 1. The van der Waals surface area contributed by atoms with Crippen molar-refractivity contribution in [2.24, 2.45) is 5.41 Å². The predicted molar refractivity (Wildman–Crippen MR) is 82.2 cm³/mol. The van der Waals surface area contributed by atoms with Crippen LogP contribution in [0, 0.1) is 5.41 Å². The van der Waals surface area contributed by atoms with Crippen LogP contribution in [0.25, 0.3) is 0 Å². The number of anilines is 1. The lowest BCUT2D eigenvalue weighted by Crippen LogP contribution is -2.37. The molecule has 0 atom stereocenters. The molecule has 0 aliphatic heterocycles. The molecule has 6 heteroatoms. The Hall–Kier alpha value is -1.56. The van der Waals surface area contributed by atoms with Gasteiger partial charge in [0.05, 0.1) is 11.3 Å². The van der Waals surface area contributed by atoms with E-state index < -0.39 is 5.97 Å². The molecule has 20 heavy (non-hydrogen) atoms. The van der Waals surface area contributed by atoms with Crippen LogP contribution in [0.15, 0.2) is 22.7 Å². The van der Waals surface area contributed by atoms with E-state index in [1.807, 2.05) is 20.8 Å². The zero-order valence-corrected chi connectivity index (χ0v) is 13.6. The molecule has 0 aliphatic carbocycles. The molecule has 1 rings (SSSR count).